The van der Waals surface area contributed by atoms with Crippen LogP contribution in [0, 0.1) is 5.92 Å². The molecular formula is C20H29IN4O2S. The summed E-state index contributed by atoms with van der Waals surface area (Å²) in [4.78, 5) is 18.0. The lowest BCUT2D eigenvalue weighted by Crippen LogP contribution is -2.41. The molecule has 1 unspecified atom stereocenters. The van der Waals surface area contributed by atoms with Crippen molar-refractivity contribution in [3.8, 4) is 5.75 Å². The van der Waals surface area contributed by atoms with Crippen molar-refractivity contribution in [3.63, 3.8) is 0 Å². The molecule has 0 aliphatic carbocycles. The maximum absolute atomic E-state index is 12.0. The number of nitrogens with zero attached hydrogens (tertiary/aromatic N) is 1. The average Bonchev–Trinajstić information content (AvgIpc) is 3.16. The van der Waals surface area contributed by atoms with Crippen LogP contribution in [0.2, 0.25) is 0 Å². The largest absolute Gasteiger partial charge is 0.508 e. The SMILES string of the molecule is CCNC(=NCC(C)Cc1cccs1)NCCNC(=O)c1ccc(O)cc1.I. The van der Waals surface area contributed by atoms with Crippen LogP contribution >= 0.6 is 35.3 Å². The quantitative estimate of drug-likeness (QED) is 0.179. The van der Waals surface area contributed by atoms with Crippen LogP contribution in [0.5, 0.6) is 5.75 Å². The highest BCUT2D eigenvalue weighted by Gasteiger charge is 2.06. The molecule has 0 spiro atoms. The van der Waals surface area contributed by atoms with E-state index in [1.54, 1.807) is 23.5 Å². The van der Waals surface area contributed by atoms with Gasteiger partial charge in [-0.25, -0.2) is 0 Å². The van der Waals surface area contributed by atoms with Gasteiger partial charge in [0.15, 0.2) is 5.96 Å². The Bertz CT molecular complexity index is 720. The predicted molar refractivity (Wildman–Crippen MR) is 127 cm³/mol. The van der Waals surface area contributed by atoms with Gasteiger partial charge in [-0.1, -0.05) is 13.0 Å². The van der Waals surface area contributed by atoms with Crippen LogP contribution < -0.4 is 16.0 Å². The monoisotopic (exact) mass is 516 g/mol. The van der Waals surface area contributed by atoms with Gasteiger partial charge >= 0.3 is 0 Å². The van der Waals surface area contributed by atoms with Gasteiger partial charge in [0, 0.05) is 36.6 Å². The van der Waals surface area contributed by atoms with Gasteiger partial charge in [0.2, 0.25) is 0 Å². The summed E-state index contributed by atoms with van der Waals surface area (Å²) in [7, 11) is 0. The smallest absolute Gasteiger partial charge is 0.251 e. The van der Waals surface area contributed by atoms with Gasteiger partial charge in [-0.3, -0.25) is 9.79 Å². The van der Waals surface area contributed by atoms with E-state index in [2.05, 4.69) is 45.4 Å². The van der Waals surface area contributed by atoms with E-state index < -0.39 is 0 Å². The number of nitrogens with one attached hydrogen (secondary N) is 3. The van der Waals surface area contributed by atoms with Crippen LogP contribution in [-0.4, -0.2) is 43.2 Å². The molecule has 4 N–H and O–H groups in total. The highest BCUT2D eigenvalue weighted by molar-refractivity contribution is 14.0. The standard InChI is InChI=1S/C20H28N4O2S.HI/c1-3-21-20(24-14-15(2)13-18-5-4-12-27-18)23-11-10-22-19(26)16-6-8-17(25)9-7-16;/h4-9,12,15,25H,3,10-11,13-14H2,1-2H3,(H,22,26)(H2,21,23,24);1H. The number of rotatable bonds is 9. The minimum absolute atomic E-state index is 0. The Morgan fingerprint density at radius 2 is 1.86 bits per heavy atom. The first kappa shape index (κ1) is 24.2. The second kappa shape index (κ2) is 13.4. The number of amides is 1. The Balaban J connectivity index is 0.00000392. The third-order valence-electron chi connectivity index (χ3n) is 3.87. The van der Waals surface area contributed by atoms with E-state index >= 15 is 0 Å². The molecule has 0 radical (unpaired) electrons. The molecule has 28 heavy (non-hydrogen) atoms. The molecule has 0 aliphatic rings. The topological polar surface area (TPSA) is 85.8 Å². The first-order chi connectivity index (χ1) is 13.1. The maximum atomic E-state index is 12.0. The lowest BCUT2D eigenvalue weighted by atomic mass is 10.1. The molecule has 0 fully saturated rings. The minimum atomic E-state index is -0.164. The highest BCUT2D eigenvalue weighted by atomic mass is 127. The fraction of sp³-hybridized carbons (Fsp3) is 0.400. The Kier molecular flexibility index (Phi) is 11.6. The van der Waals surface area contributed by atoms with Crippen molar-refractivity contribution in [1.29, 1.82) is 0 Å². The molecule has 1 atom stereocenters. The summed E-state index contributed by atoms with van der Waals surface area (Å²) in [6.45, 7) is 6.81. The second-order valence-corrected chi connectivity index (χ2v) is 7.37. The van der Waals surface area contributed by atoms with Crippen LogP contribution in [0.15, 0.2) is 46.8 Å². The number of halogens is 1. The summed E-state index contributed by atoms with van der Waals surface area (Å²) < 4.78 is 0. The molecule has 2 rings (SSSR count). The lowest BCUT2D eigenvalue weighted by Gasteiger charge is -2.13. The molecule has 1 heterocycles. The fourth-order valence-corrected chi connectivity index (χ4v) is 3.37. The van der Waals surface area contributed by atoms with Crippen LogP contribution in [0.3, 0.4) is 0 Å². The molecule has 0 aliphatic heterocycles. The summed E-state index contributed by atoms with van der Waals surface area (Å²) in [5, 5.41) is 20.7. The van der Waals surface area contributed by atoms with Crippen molar-refractivity contribution in [2.24, 2.45) is 10.9 Å². The summed E-state index contributed by atoms with van der Waals surface area (Å²) in [6.07, 6.45) is 1.03. The van der Waals surface area contributed by atoms with Crippen LogP contribution in [0.1, 0.15) is 29.1 Å². The molecule has 2 aromatic rings. The van der Waals surface area contributed by atoms with Crippen molar-refractivity contribution in [2.45, 2.75) is 20.3 Å². The number of phenols is 1. The van der Waals surface area contributed by atoms with Gasteiger partial charge in [0.05, 0.1) is 0 Å². The zero-order valence-corrected chi connectivity index (χ0v) is 19.4. The van der Waals surface area contributed by atoms with Crippen LogP contribution in [0.4, 0.5) is 0 Å². The number of benzene rings is 1. The molecular weight excluding hydrogens is 487 g/mol. The van der Waals surface area contributed by atoms with E-state index in [0.29, 0.717) is 24.6 Å². The number of phenolic OH excluding ortho intramolecular Hbond substituents is 1. The summed E-state index contributed by atoms with van der Waals surface area (Å²) in [6, 6.07) is 10.4. The van der Waals surface area contributed by atoms with E-state index in [1.165, 1.54) is 17.0 Å². The zero-order valence-electron chi connectivity index (χ0n) is 16.3. The second-order valence-electron chi connectivity index (χ2n) is 6.34. The first-order valence-corrected chi connectivity index (χ1v) is 10.1. The van der Waals surface area contributed by atoms with Crippen molar-refractivity contribution >= 4 is 47.2 Å². The number of aromatic hydroxyl groups is 1. The predicted octanol–water partition coefficient (Wildman–Crippen LogP) is 3.24. The van der Waals surface area contributed by atoms with Gasteiger partial charge in [-0.2, -0.15) is 0 Å². The van der Waals surface area contributed by atoms with Crippen molar-refractivity contribution < 1.29 is 9.90 Å². The van der Waals surface area contributed by atoms with E-state index in [-0.39, 0.29) is 35.6 Å². The molecule has 154 valence electrons. The summed E-state index contributed by atoms with van der Waals surface area (Å²) >= 11 is 1.78. The number of thiophene rings is 1. The third-order valence-corrected chi connectivity index (χ3v) is 4.77. The van der Waals surface area contributed by atoms with Crippen molar-refractivity contribution in [3.05, 3.63) is 52.2 Å². The molecule has 1 amide bonds. The Morgan fingerprint density at radius 3 is 2.50 bits per heavy atom. The Morgan fingerprint density at radius 1 is 1.14 bits per heavy atom. The van der Waals surface area contributed by atoms with E-state index in [0.717, 1.165) is 25.5 Å². The number of hydrogen-bond acceptors (Lipinski definition) is 4. The fourth-order valence-electron chi connectivity index (χ4n) is 2.50. The first-order valence-electron chi connectivity index (χ1n) is 9.20. The Hall–Kier alpha value is -1.81. The van der Waals surface area contributed by atoms with Gasteiger partial charge in [-0.05, 0) is 55.0 Å². The van der Waals surface area contributed by atoms with Gasteiger partial charge in [0.25, 0.3) is 5.91 Å². The summed E-state index contributed by atoms with van der Waals surface area (Å²) in [5.74, 6) is 1.21. The molecule has 8 heteroatoms. The third kappa shape index (κ3) is 8.92. The minimum Gasteiger partial charge on any atom is -0.508 e. The molecule has 1 aromatic heterocycles. The number of aliphatic imine (C=N–C) groups is 1. The van der Waals surface area contributed by atoms with E-state index in [4.69, 9.17) is 0 Å². The molecule has 1 aromatic carbocycles. The van der Waals surface area contributed by atoms with Gasteiger partial charge in [0.1, 0.15) is 5.75 Å². The van der Waals surface area contributed by atoms with Crippen molar-refractivity contribution in [1.82, 2.24) is 16.0 Å². The Labute approximate surface area is 187 Å². The average molecular weight is 516 g/mol. The normalized spacial score (nSPS) is 12.0. The summed E-state index contributed by atoms with van der Waals surface area (Å²) in [5.41, 5.74) is 0.524. The maximum Gasteiger partial charge on any atom is 0.251 e. The van der Waals surface area contributed by atoms with Crippen LogP contribution in [0.25, 0.3) is 0 Å². The highest BCUT2D eigenvalue weighted by Crippen LogP contribution is 2.14. The lowest BCUT2D eigenvalue weighted by molar-refractivity contribution is 0.0954. The van der Waals surface area contributed by atoms with Crippen molar-refractivity contribution in [2.75, 3.05) is 26.2 Å². The number of carbonyl (C=O) groups is 1. The number of guanidine groups is 1. The zero-order chi connectivity index (χ0) is 19.5. The van der Waals surface area contributed by atoms with Gasteiger partial charge < -0.3 is 21.1 Å². The number of carbonyl (C=O) groups excluding carboxylic acids is 1. The van der Waals surface area contributed by atoms with Gasteiger partial charge in [-0.15, -0.1) is 35.3 Å². The van der Waals surface area contributed by atoms with E-state index in [1.807, 2.05) is 6.92 Å². The molecule has 0 bridgehead atoms. The molecule has 0 saturated carbocycles. The van der Waals surface area contributed by atoms with E-state index in [9.17, 15) is 9.90 Å². The molecule has 0 saturated heterocycles. The van der Waals surface area contributed by atoms with Crippen LogP contribution in [-0.2, 0) is 6.42 Å². The molecule has 6 nitrogen and oxygen atoms in total. The number of hydrogen-bond donors (Lipinski definition) is 4.